The van der Waals surface area contributed by atoms with Crippen molar-refractivity contribution < 1.29 is 14.3 Å². The van der Waals surface area contributed by atoms with Crippen molar-refractivity contribution >= 4 is 5.91 Å². The minimum Gasteiger partial charge on any atom is -0.378 e. The third-order valence-electron chi connectivity index (χ3n) is 3.77. The number of aliphatic hydroxyl groups is 1. The van der Waals surface area contributed by atoms with Gasteiger partial charge in [0.25, 0.3) is 5.91 Å². The Hall–Kier alpha value is -2.27. The molecule has 1 atom stereocenters. The van der Waals surface area contributed by atoms with Crippen molar-refractivity contribution in [1.29, 1.82) is 0 Å². The third kappa shape index (κ3) is 3.31. The number of amides is 1. The molecule has 114 valence electrons. The van der Waals surface area contributed by atoms with Gasteiger partial charge in [-0.2, -0.15) is 0 Å². The topological polar surface area (TPSA) is 53.4 Å². The molecule has 22 heavy (non-hydrogen) atoms. The van der Waals surface area contributed by atoms with Crippen molar-refractivity contribution in [2.24, 2.45) is 0 Å². The summed E-state index contributed by atoms with van der Waals surface area (Å²) in [4.78, 5) is 18.3. The molecule has 0 saturated heterocycles. The van der Waals surface area contributed by atoms with E-state index in [9.17, 15) is 14.3 Å². The van der Waals surface area contributed by atoms with E-state index in [0.717, 1.165) is 18.4 Å². The van der Waals surface area contributed by atoms with Gasteiger partial charge in [0.05, 0.1) is 0 Å². The fourth-order valence-corrected chi connectivity index (χ4v) is 2.41. The summed E-state index contributed by atoms with van der Waals surface area (Å²) in [6, 6.07) is 9.26. The van der Waals surface area contributed by atoms with E-state index in [1.165, 1.54) is 24.3 Å². The molecule has 1 fully saturated rings. The summed E-state index contributed by atoms with van der Waals surface area (Å²) in [5, 5.41) is 10.3. The molecule has 1 amide bonds. The van der Waals surface area contributed by atoms with E-state index in [1.54, 1.807) is 17.3 Å². The van der Waals surface area contributed by atoms with Gasteiger partial charge in [-0.05, 0) is 42.2 Å². The van der Waals surface area contributed by atoms with E-state index in [2.05, 4.69) is 4.98 Å². The number of aromatic nitrogens is 1. The molecule has 1 unspecified atom stereocenters. The molecule has 1 heterocycles. The Labute approximate surface area is 128 Å². The van der Waals surface area contributed by atoms with Gasteiger partial charge in [0.15, 0.2) is 6.10 Å². The minimum atomic E-state index is -1.27. The van der Waals surface area contributed by atoms with Crippen LogP contribution in [-0.4, -0.2) is 26.9 Å². The zero-order valence-electron chi connectivity index (χ0n) is 12.0. The molecule has 5 heteroatoms. The lowest BCUT2D eigenvalue weighted by Gasteiger charge is -2.25. The Balaban J connectivity index is 1.76. The Morgan fingerprint density at radius 1 is 1.32 bits per heavy atom. The lowest BCUT2D eigenvalue weighted by Crippen LogP contribution is -2.36. The highest BCUT2D eigenvalue weighted by atomic mass is 19.1. The first-order valence-electron chi connectivity index (χ1n) is 7.28. The molecule has 1 N–H and O–H groups in total. The van der Waals surface area contributed by atoms with Gasteiger partial charge >= 0.3 is 0 Å². The fourth-order valence-electron chi connectivity index (χ4n) is 2.41. The number of benzene rings is 1. The minimum absolute atomic E-state index is 0.169. The van der Waals surface area contributed by atoms with Crippen LogP contribution in [0.1, 0.15) is 30.1 Å². The number of hydrogen-bond acceptors (Lipinski definition) is 3. The molecular weight excluding hydrogens is 283 g/mol. The van der Waals surface area contributed by atoms with Crippen LogP contribution in [-0.2, 0) is 11.3 Å². The molecule has 2 aromatic rings. The van der Waals surface area contributed by atoms with Crippen LogP contribution in [0, 0.1) is 5.82 Å². The maximum atomic E-state index is 13.0. The largest absolute Gasteiger partial charge is 0.378 e. The van der Waals surface area contributed by atoms with Crippen LogP contribution in [0.3, 0.4) is 0 Å². The van der Waals surface area contributed by atoms with Crippen LogP contribution in [0.2, 0.25) is 0 Å². The van der Waals surface area contributed by atoms with Crippen LogP contribution in [0.15, 0.2) is 48.8 Å². The van der Waals surface area contributed by atoms with Gasteiger partial charge in [0, 0.05) is 25.0 Å². The van der Waals surface area contributed by atoms with E-state index < -0.39 is 11.9 Å². The van der Waals surface area contributed by atoms with Crippen molar-refractivity contribution in [2.45, 2.75) is 31.5 Å². The van der Waals surface area contributed by atoms with Crippen LogP contribution in [0.5, 0.6) is 0 Å². The first-order chi connectivity index (χ1) is 10.6. The lowest BCUT2D eigenvalue weighted by molar-refractivity contribution is -0.141. The Kier molecular flexibility index (Phi) is 4.15. The van der Waals surface area contributed by atoms with Gasteiger partial charge in [-0.25, -0.2) is 4.39 Å². The molecule has 0 bridgehead atoms. The van der Waals surface area contributed by atoms with E-state index >= 15 is 0 Å². The molecule has 1 aromatic carbocycles. The Morgan fingerprint density at radius 3 is 2.64 bits per heavy atom. The zero-order chi connectivity index (χ0) is 15.5. The molecular formula is C17H17FN2O2. The van der Waals surface area contributed by atoms with Crippen LogP contribution >= 0.6 is 0 Å². The third-order valence-corrected chi connectivity index (χ3v) is 3.77. The van der Waals surface area contributed by atoms with E-state index in [4.69, 9.17) is 0 Å². The molecule has 1 aromatic heterocycles. The second-order valence-electron chi connectivity index (χ2n) is 5.51. The predicted molar refractivity (Wildman–Crippen MR) is 79.2 cm³/mol. The van der Waals surface area contributed by atoms with E-state index in [-0.39, 0.29) is 11.9 Å². The summed E-state index contributed by atoms with van der Waals surface area (Å²) in [6.07, 6.45) is 4.02. The number of rotatable bonds is 5. The summed E-state index contributed by atoms with van der Waals surface area (Å²) < 4.78 is 13.0. The number of halogens is 1. The number of aliphatic hydroxyl groups excluding tert-OH is 1. The van der Waals surface area contributed by atoms with Crippen molar-refractivity contribution in [3.63, 3.8) is 0 Å². The maximum Gasteiger partial charge on any atom is 0.256 e. The second kappa shape index (κ2) is 6.23. The van der Waals surface area contributed by atoms with Crippen molar-refractivity contribution in [3.8, 4) is 0 Å². The fraction of sp³-hybridized carbons (Fsp3) is 0.294. The van der Waals surface area contributed by atoms with Crippen LogP contribution < -0.4 is 0 Å². The molecule has 3 rings (SSSR count). The van der Waals surface area contributed by atoms with E-state index in [0.29, 0.717) is 12.1 Å². The normalized spacial score (nSPS) is 15.4. The molecule has 1 saturated carbocycles. The van der Waals surface area contributed by atoms with Gasteiger partial charge in [0.2, 0.25) is 0 Å². The number of pyridine rings is 1. The molecule has 0 spiro atoms. The number of nitrogens with zero attached hydrogens (tertiary/aromatic N) is 2. The highest BCUT2D eigenvalue weighted by Gasteiger charge is 2.35. The Morgan fingerprint density at radius 2 is 2.05 bits per heavy atom. The standard InChI is InChI=1S/C17H17FN2O2/c18-14-5-3-13(4-6-14)16(21)17(22)20(15-7-8-15)11-12-2-1-9-19-10-12/h1-6,9-10,15-16,21H,7-8,11H2. The quantitative estimate of drug-likeness (QED) is 0.923. The molecule has 0 radical (unpaired) electrons. The summed E-state index contributed by atoms with van der Waals surface area (Å²) in [7, 11) is 0. The van der Waals surface area contributed by atoms with Crippen LogP contribution in [0.25, 0.3) is 0 Å². The monoisotopic (exact) mass is 300 g/mol. The SMILES string of the molecule is O=C(C(O)c1ccc(F)cc1)N(Cc1cccnc1)C1CC1. The first kappa shape index (κ1) is 14.7. The lowest BCUT2D eigenvalue weighted by atomic mass is 10.1. The number of carbonyl (C=O) groups is 1. The van der Waals surface area contributed by atoms with E-state index in [1.807, 2.05) is 12.1 Å². The van der Waals surface area contributed by atoms with Crippen molar-refractivity contribution in [3.05, 3.63) is 65.7 Å². The summed E-state index contributed by atoms with van der Waals surface area (Å²) in [5.74, 6) is -0.740. The average molecular weight is 300 g/mol. The zero-order valence-corrected chi connectivity index (χ0v) is 12.0. The van der Waals surface area contributed by atoms with Crippen LogP contribution in [0.4, 0.5) is 4.39 Å². The molecule has 1 aliphatic carbocycles. The summed E-state index contributed by atoms with van der Waals surface area (Å²) in [6.45, 7) is 0.426. The maximum absolute atomic E-state index is 13.0. The van der Waals surface area contributed by atoms with Crippen molar-refractivity contribution in [1.82, 2.24) is 9.88 Å². The Bertz CT molecular complexity index is 641. The van der Waals surface area contributed by atoms with Gasteiger partial charge in [-0.1, -0.05) is 18.2 Å². The first-order valence-corrected chi connectivity index (χ1v) is 7.28. The smallest absolute Gasteiger partial charge is 0.256 e. The second-order valence-corrected chi connectivity index (χ2v) is 5.51. The predicted octanol–water partition coefficient (Wildman–Crippen LogP) is 2.45. The van der Waals surface area contributed by atoms with Gasteiger partial charge in [-0.15, -0.1) is 0 Å². The summed E-state index contributed by atoms with van der Waals surface area (Å²) in [5.41, 5.74) is 1.33. The van der Waals surface area contributed by atoms with Gasteiger partial charge < -0.3 is 10.0 Å². The molecule has 0 aliphatic heterocycles. The van der Waals surface area contributed by atoms with Gasteiger partial charge in [0.1, 0.15) is 5.82 Å². The van der Waals surface area contributed by atoms with Crippen molar-refractivity contribution in [2.75, 3.05) is 0 Å². The summed E-state index contributed by atoms with van der Waals surface area (Å²) >= 11 is 0. The van der Waals surface area contributed by atoms with Gasteiger partial charge in [-0.3, -0.25) is 9.78 Å². The molecule has 4 nitrogen and oxygen atoms in total. The molecule has 1 aliphatic rings. The highest BCUT2D eigenvalue weighted by Crippen LogP contribution is 2.31. The highest BCUT2D eigenvalue weighted by molar-refractivity contribution is 5.82. The number of carbonyl (C=O) groups excluding carboxylic acids is 1. The number of hydrogen-bond donors (Lipinski definition) is 1. The average Bonchev–Trinajstić information content (AvgIpc) is 3.38.